The Morgan fingerprint density at radius 3 is 2.53 bits per heavy atom. The molecule has 2 unspecified atom stereocenters. The number of carbonyl (C=O) groups is 1. The average Bonchev–Trinajstić information content (AvgIpc) is 2.25. The van der Waals surface area contributed by atoms with Crippen molar-refractivity contribution in [1.29, 1.82) is 0 Å². The van der Waals surface area contributed by atoms with Crippen LogP contribution in [0.3, 0.4) is 0 Å². The van der Waals surface area contributed by atoms with Crippen LogP contribution in [0.5, 0.6) is 0 Å². The molecule has 92 valence electrons. The quantitative estimate of drug-likeness (QED) is 0.657. The molecule has 17 heavy (non-hydrogen) atoms. The Morgan fingerprint density at radius 2 is 1.94 bits per heavy atom. The molecule has 1 aromatic rings. The van der Waals surface area contributed by atoms with Gasteiger partial charge in [-0.25, -0.2) is 0 Å². The first kappa shape index (κ1) is 12.3. The van der Waals surface area contributed by atoms with Crippen molar-refractivity contribution in [1.82, 2.24) is 0 Å². The fraction of sp³-hybridized carbons (Fsp3) is 0.562. The van der Waals surface area contributed by atoms with Crippen LogP contribution in [0.15, 0.2) is 18.2 Å². The molecule has 1 aliphatic carbocycles. The van der Waals surface area contributed by atoms with Crippen LogP contribution >= 0.6 is 0 Å². The highest BCUT2D eigenvalue weighted by Gasteiger charge is 2.35. The first-order valence-corrected chi connectivity index (χ1v) is 6.48. The zero-order chi connectivity index (χ0) is 12.8. The van der Waals surface area contributed by atoms with E-state index in [1.807, 2.05) is 6.07 Å². The Labute approximate surface area is 104 Å². The highest BCUT2D eigenvalue weighted by molar-refractivity contribution is 5.94. The van der Waals surface area contributed by atoms with Gasteiger partial charge in [0.2, 0.25) is 0 Å². The van der Waals surface area contributed by atoms with E-state index in [1.165, 1.54) is 17.5 Å². The molecule has 2 rings (SSSR count). The predicted octanol–water partition coefficient (Wildman–Crippen LogP) is 4.31. The van der Waals surface area contributed by atoms with Crippen LogP contribution in [0.25, 0.3) is 0 Å². The molecule has 1 aromatic carbocycles. The van der Waals surface area contributed by atoms with Crippen molar-refractivity contribution in [3.05, 3.63) is 34.9 Å². The molecule has 0 saturated carbocycles. The highest BCUT2D eigenvalue weighted by atomic mass is 16.1. The molecule has 2 atom stereocenters. The van der Waals surface area contributed by atoms with Crippen LogP contribution in [0.1, 0.15) is 68.4 Å². The number of hydrogen-bond acceptors (Lipinski definition) is 1. The van der Waals surface area contributed by atoms with E-state index in [2.05, 4.69) is 39.8 Å². The van der Waals surface area contributed by atoms with Gasteiger partial charge in [0, 0.05) is 5.56 Å². The van der Waals surface area contributed by atoms with E-state index >= 15 is 0 Å². The van der Waals surface area contributed by atoms with Crippen LogP contribution in [-0.2, 0) is 5.41 Å². The minimum Gasteiger partial charge on any atom is -0.295 e. The Balaban J connectivity index is 2.59. The van der Waals surface area contributed by atoms with E-state index in [4.69, 9.17) is 0 Å². The van der Waals surface area contributed by atoms with Gasteiger partial charge in [0.05, 0.1) is 0 Å². The minimum absolute atomic E-state index is 0.162. The van der Waals surface area contributed by atoms with Crippen molar-refractivity contribution in [3.8, 4) is 0 Å². The maximum atomic E-state index is 11.5. The number of ketones is 1. The molecule has 0 saturated heterocycles. The first-order valence-electron chi connectivity index (χ1n) is 6.48. The van der Waals surface area contributed by atoms with E-state index in [0.717, 1.165) is 5.56 Å². The summed E-state index contributed by atoms with van der Waals surface area (Å²) in [6.07, 6.45) is 1.20. The largest absolute Gasteiger partial charge is 0.295 e. The molecular formula is C16H22O. The van der Waals surface area contributed by atoms with Gasteiger partial charge >= 0.3 is 0 Å². The molecule has 0 fully saturated rings. The van der Waals surface area contributed by atoms with E-state index in [1.54, 1.807) is 6.92 Å². The lowest BCUT2D eigenvalue weighted by Crippen LogP contribution is -2.30. The molecule has 0 radical (unpaired) electrons. The summed E-state index contributed by atoms with van der Waals surface area (Å²) in [5.74, 6) is 1.47. The second kappa shape index (κ2) is 3.97. The van der Waals surface area contributed by atoms with Gasteiger partial charge in [-0.15, -0.1) is 0 Å². The van der Waals surface area contributed by atoms with Gasteiger partial charge in [-0.2, -0.15) is 0 Å². The van der Waals surface area contributed by atoms with E-state index in [9.17, 15) is 4.79 Å². The van der Waals surface area contributed by atoms with Gasteiger partial charge in [0.1, 0.15) is 0 Å². The van der Waals surface area contributed by atoms with Crippen LogP contribution in [0.4, 0.5) is 0 Å². The van der Waals surface area contributed by atoms with Crippen molar-refractivity contribution < 1.29 is 4.79 Å². The topological polar surface area (TPSA) is 17.1 Å². The fourth-order valence-corrected chi connectivity index (χ4v) is 3.16. The van der Waals surface area contributed by atoms with E-state index in [0.29, 0.717) is 11.8 Å². The molecule has 1 heteroatoms. The highest BCUT2D eigenvalue weighted by Crippen LogP contribution is 2.45. The summed E-state index contributed by atoms with van der Waals surface area (Å²) < 4.78 is 0. The SMILES string of the molecule is CC(=O)c1ccc2c(c1)C(C)(C)CC(C)C2C. The van der Waals surface area contributed by atoms with Crippen LogP contribution in [-0.4, -0.2) is 5.78 Å². The van der Waals surface area contributed by atoms with Crippen molar-refractivity contribution in [3.63, 3.8) is 0 Å². The van der Waals surface area contributed by atoms with Crippen molar-refractivity contribution in [2.75, 3.05) is 0 Å². The van der Waals surface area contributed by atoms with Crippen LogP contribution in [0.2, 0.25) is 0 Å². The molecule has 0 amide bonds. The smallest absolute Gasteiger partial charge is 0.159 e. The third kappa shape index (κ3) is 2.03. The van der Waals surface area contributed by atoms with Gasteiger partial charge in [-0.05, 0) is 47.8 Å². The maximum Gasteiger partial charge on any atom is 0.159 e. The molecule has 0 aliphatic heterocycles. The number of rotatable bonds is 1. The molecular weight excluding hydrogens is 208 g/mol. The molecule has 0 heterocycles. The second-order valence-electron chi connectivity index (χ2n) is 6.21. The lowest BCUT2D eigenvalue weighted by Gasteiger charge is -2.40. The van der Waals surface area contributed by atoms with Gasteiger partial charge in [0.25, 0.3) is 0 Å². The third-order valence-electron chi connectivity index (χ3n) is 4.37. The molecule has 0 aromatic heterocycles. The van der Waals surface area contributed by atoms with Crippen molar-refractivity contribution in [2.24, 2.45) is 5.92 Å². The normalized spacial score (nSPS) is 26.4. The molecule has 0 spiro atoms. The number of hydrogen-bond donors (Lipinski definition) is 0. The van der Waals surface area contributed by atoms with Gasteiger partial charge in [0.15, 0.2) is 5.78 Å². The number of benzene rings is 1. The maximum absolute atomic E-state index is 11.5. The predicted molar refractivity (Wildman–Crippen MR) is 71.7 cm³/mol. The number of fused-ring (bicyclic) bond motifs is 1. The summed E-state index contributed by atoms with van der Waals surface area (Å²) in [5.41, 5.74) is 3.83. The lowest BCUT2D eigenvalue weighted by molar-refractivity contribution is 0.101. The van der Waals surface area contributed by atoms with E-state index < -0.39 is 0 Å². The lowest BCUT2D eigenvalue weighted by atomic mass is 9.64. The fourth-order valence-electron chi connectivity index (χ4n) is 3.16. The molecule has 1 aliphatic rings. The summed E-state index contributed by atoms with van der Waals surface area (Å²) in [4.78, 5) is 11.5. The average molecular weight is 230 g/mol. The van der Waals surface area contributed by atoms with E-state index in [-0.39, 0.29) is 11.2 Å². The van der Waals surface area contributed by atoms with Crippen LogP contribution in [0, 0.1) is 5.92 Å². The monoisotopic (exact) mass is 230 g/mol. The second-order valence-corrected chi connectivity index (χ2v) is 6.21. The first-order chi connectivity index (χ1) is 7.83. The number of Topliss-reactive ketones (excluding diaryl/α,β-unsaturated/α-hetero) is 1. The Morgan fingerprint density at radius 1 is 1.29 bits per heavy atom. The molecule has 1 nitrogen and oxygen atoms in total. The van der Waals surface area contributed by atoms with Crippen molar-refractivity contribution in [2.45, 2.75) is 52.4 Å². The van der Waals surface area contributed by atoms with Crippen LogP contribution < -0.4 is 0 Å². The Kier molecular flexibility index (Phi) is 2.89. The summed E-state index contributed by atoms with van der Waals surface area (Å²) in [5, 5.41) is 0. The van der Waals surface area contributed by atoms with Crippen molar-refractivity contribution >= 4 is 5.78 Å². The van der Waals surface area contributed by atoms with Gasteiger partial charge in [-0.3, -0.25) is 4.79 Å². The summed E-state index contributed by atoms with van der Waals surface area (Å²) in [7, 11) is 0. The summed E-state index contributed by atoms with van der Waals surface area (Å²) in [6.45, 7) is 10.8. The van der Waals surface area contributed by atoms with Gasteiger partial charge < -0.3 is 0 Å². The Bertz CT molecular complexity index is 457. The minimum atomic E-state index is 0.162. The zero-order valence-electron chi connectivity index (χ0n) is 11.5. The summed E-state index contributed by atoms with van der Waals surface area (Å²) >= 11 is 0. The third-order valence-corrected chi connectivity index (χ3v) is 4.37. The standard InChI is InChI=1S/C16H22O/c1-10-9-16(4,5)15-8-13(12(3)17)6-7-14(15)11(10)2/h6-8,10-11H,9H2,1-5H3. The molecule has 0 bridgehead atoms. The Hall–Kier alpha value is -1.11. The van der Waals surface area contributed by atoms with Gasteiger partial charge in [-0.1, -0.05) is 39.8 Å². The summed E-state index contributed by atoms with van der Waals surface area (Å²) in [6, 6.07) is 6.25. The zero-order valence-corrected chi connectivity index (χ0v) is 11.5. The number of carbonyl (C=O) groups excluding carboxylic acids is 1. The molecule has 0 N–H and O–H groups in total.